The van der Waals surface area contributed by atoms with Gasteiger partial charge in [-0.2, -0.15) is 4.39 Å². The number of halogens is 2. The van der Waals surface area contributed by atoms with E-state index in [-0.39, 0.29) is 0 Å². The molecule has 13 heteroatoms. The van der Waals surface area contributed by atoms with E-state index in [4.69, 9.17) is 15.7 Å². The van der Waals surface area contributed by atoms with Crippen molar-refractivity contribution in [2.75, 3.05) is 6.61 Å². The predicted molar refractivity (Wildman–Crippen MR) is 77.2 cm³/mol. The molecule has 1 amide bonds. The summed E-state index contributed by atoms with van der Waals surface area (Å²) in [4.78, 5) is 37.8. The second-order valence-corrected chi connectivity index (χ2v) is 5.89. The molecule has 0 spiro atoms. The molecule has 1 rings (SSSR count). The molecule has 1 aliphatic heterocycles. The maximum absolute atomic E-state index is 14.5. The first kappa shape index (κ1) is 21.7. The molecule has 1 fully saturated rings. The lowest BCUT2D eigenvalue weighted by molar-refractivity contribution is -0.254. The number of alkyl halides is 2. The summed E-state index contributed by atoms with van der Waals surface area (Å²) in [6.07, 6.45) is -7.34. The number of carboxylic acid groups (broad SMARTS) is 1. The molecule has 0 saturated carbocycles. The minimum Gasteiger partial charge on any atom is -0.477 e. The maximum Gasteiger partial charge on any atom is 0.372 e. The van der Waals surface area contributed by atoms with Gasteiger partial charge in [0.25, 0.3) is 0 Å². The van der Waals surface area contributed by atoms with Crippen LogP contribution in [0.25, 0.3) is 0 Å². The molecule has 0 aromatic rings. The highest BCUT2D eigenvalue weighted by Gasteiger charge is 2.65. The number of aliphatic hydroxyl groups is 2. The number of rotatable bonds is 7. The van der Waals surface area contributed by atoms with Gasteiger partial charge < -0.3 is 25.4 Å². The van der Waals surface area contributed by atoms with E-state index < -0.39 is 66.5 Å². The molecule has 1 aliphatic rings. The number of carboxylic acids is 1. The van der Waals surface area contributed by atoms with E-state index in [1.54, 1.807) is 0 Å². The second-order valence-electron chi connectivity index (χ2n) is 5.89. The third-order valence-electron chi connectivity index (χ3n) is 3.74. The number of carbonyl (C=O) groups is 3. The van der Waals surface area contributed by atoms with Gasteiger partial charge >= 0.3 is 11.8 Å². The van der Waals surface area contributed by atoms with Crippen LogP contribution in [0.2, 0.25) is 0 Å². The number of carbonyl (C=O) groups excluding carboxylic acids is 2. The summed E-state index contributed by atoms with van der Waals surface area (Å²) in [5, 5.41) is 32.5. The van der Waals surface area contributed by atoms with E-state index in [9.17, 15) is 28.3 Å². The summed E-state index contributed by atoms with van der Waals surface area (Å²) < 4.78 is 33.5. The van der Waals surface area contributed by atoms with Crippen LogP contribution in [0.3, 0.4) is 0 Å². The van der Waals surface area contributed by atoms with Crippen molar-refractivity contribution in [3.63, 3.8) is 0 Å². The SMILES string of the molecule is CC(C)C(=O)N[C@H]1C(C(=O)[C@@H](O)CO)OC(F)(C(=O)O)[C@@H](F)[C@@H]1N=[N+]=N. The number of ether oxygens (including phenoxy) is 1. The molecule has 0 bridgehead atoms. The third-order valence-corrected chi connectivity index (χ3v) is 3.74. The number of Topliss-reactive ketones (excluding diaryl/α,β-unsaturated/α-hetero) is 1. The summed E-state index contributed by atoms with van der Waals surface area (Å²) in [5.41, 5.74) is 6.71. The molecule has 1 saturated heterocycles. The van der Waals surface area contributed by atoms with Gasteiger partial charge in [0.2, 0.25) is 17.0 Å². The number of hydrogen-bond donors (Lipinski definition) is 5. The zero-order chi connectivity index (χ0) is 20.2. The summed E-state index contributed by atoms with van der Waals surface area (Å²) in [7, 11) is 0. The van der Waals surface area contributed by atoms with Crippen molar-refractivity contribution < 1.29 is 43.2 Å². The molecule has 11 nitrogen and oxygen atoms in total. The zero-order valence-electron chi connectivity index (χ0n) is 13.8. The monoisotopic (exact) mass is 381 g/mol. The molecular formula is C13H19F2N4O7+. The molecule has 0 aromatic carbocycles. The minimum absolute atomic E-state index is 0.670. The summed E-state index contributed by atoms with van der Waals surface area (Å²) in [5.74, 6) is -9.28. The average molecular weight is 381 g/mol. The van der Waals surface area contributed by atoms with Gasteiger partial charge in [0, 0.05) is 5.92 Å². The third kappa shape index (κ3) is 4.07. The Morgan fingerprint density at radius 3 is 2.42 bits per heavy atom. The molecule has 26 heavy (non-hydrogen) atoms. The van der Waals surface area contributed by atoms with Crippen molar-refractivity contribution >= 4 is 17.7 Å². The molecule has 5 N–H and O–H groups in total. The van der Waals surface area contributed by atoms with Gasteiger partial charge in [-0.3, -0.25) is 9.59 Å². The summed E-state index contributed by atoms with van der Waals surface area (Å²) >= 11 is 0. The Bertz CT molecular complexity index is 628. The van der Waals surface area contributed by atoms with Gasteiger partial charge in [-0.05, 0) is 0 Å². The smallest absolute Gasteiger partial charge is 0.372 e. The lowest BCUT2D eigenvalue weighted by Gasteiger charge is -2.41. The Kier molecular flexibility index (Phi) is 6.98. The average Bonchev–Trinajstić information content (AvgIpc) is 2.59. The first-order valence-corrected chi connectivity index (χ1v) is 7.45. The highest BCUT2D eigenvalue weighted by molar-refractivity contribution is 5.90. The fourth-order valence-corrected chi connectivity index (χ4v) is 2.28. The van der Waals surface area contributed by atoms with Gasteiger partial charge in [-0.15, -0.1) is 0 Å². The number of nitrogens with one attached hydrogen (secondary N) is 2. The Balaban J connectivity index is 3.45. The van der Waals surface area contributed by atoms with Crippen LogP contribution in [-0.4, -0.2) is 75.9 Å². The van der Waals surface area contributed by atoms with Crippen molar-refractivity contribution in [1.82, 2.24) is 10.2 Å². The molecular weight excluding hydrogens is 362 g/mol. The van der Waals surface area contributed by atoms with Crippen molar-refractivity contribution in [2.24, 2.45) is 11.0 Å². The normalized spacial score (nSPS) is 32.4. The van der Waals surface area contributed by atoms with Crippen LogP contribution >= 0.6 is 0 Å². The molecule has 6 atom stereocenters. The Morgan fingerprint density at radius 2 is 2.00 bits per heavy atom. The molecule has 0 radical (unpaired) electrons. The van der Waals surface area contributed by atoms with E-state index >= 15 is 0 Å². The van der Waals surface area contributed by atoms with Gasteiger partial charge in [-0.25, -0.2) is 9.18 Å². The molecule has 1 heterocycles. The van der Waals surface area contributed by atoms with E-state index in [1.165, 1.54) is 13.8 Å². The van der Waals surface area contributed by atoms with Crippen LogP contribution in [-0.2, 0) is 19.1 Å². The highest BCUT2D eigenvalue weighted by atomic mass is 19.2. The van der Waals surface area contributed by atoms with Gasteiger partial charge in [0.05, 0.1) is 12.6 Å². The van der Waals surface area contributed by atoms with Gasteiger partial charge in [-0.1, -0.05) is 13.8 Å². The number of aliphatic carboxylic acids is 1. The summed E-state index contributed by atoms with van der Waals surface area (Å²) in [6.45, 7) is 1.78. The molecule has 146 valence electrons. The van der Waals surface area contributed by atoms with Gasteiger partial charge in [0.15, 0.2) is 11.8 Å². The van der Waals surface area contributed by atoms with Crippen molar-refractivity contribution in [1.29, 1.82) is 5.53 Å². The fourth-order valence-electron chi connectivity index (χ4n) is 2.28. The maximum atomic E-state index is 14.5. The topological polar surface area (TPSA) is 183 Å². The van der Waals surface area contributed by atoms with E-state index in [1.807, 2.05) is 0 Å². The summed E-state index contributed by atoms with van der Waals surface area (Å²) in [6, 6.07) is -3.88. The predicted octanol–water partition coefficient (Wildman–Crippen LogP) is -1.54. The van der Waals surface area contributed by atoms with Crippen LogP contribution in [0.5, 0.6) is 0 Å². The number of aliphatic hydroxyl groups excluding tert-OH is 2. The standard InChI is InChI=1S/C13H18F2N4O7/c1-4(2)11(23)17-6-7(18-19-16)10(14)13(15,12(24)25)26-9(6)8(22)5(21)3-20/h4-7,9-10,16,20-21H,3H2,1-2H3,(H-,17,23,24,25)/p+1/t5-,6+,7+,9?,10-,13?/m0/s1. The first-order chi connectivity index (χ1) is 12.0. The van der Waals surface area contributed by atoms with E-state index in [0.29, 0.717) is 0 Å². The number of nitrogens with zero attached hydrogens (tertiary/aromatic N) is 2. The van der Waals surface area contributed by atoms with E-state index in [0.717, 1.165) is 0 Å². The Labute approximate surface area is 145 Å². The highest BCUT2D eigenvalue weighted by Crippen LogP contribution is 2.36. The molecule has 2 unspecified atom stereocenters. The van der Waals surface area contributed by atoms with Crippen LogP contribution in [0.4, 0.5) is 8.78 Å². The molecule has 0 aromatic heterocycles. The second kappa shape index (κ2) is 8.36. The molecule has 0 aliphatic carbocycles. The Morgan fingerprint density at radius 1 is 1.42 bits per heavy atom. The number of amides is 1. The lowest BCUT2D eigenvalue weighted by Crippen LogP contribution is -2.70. The lowest BCUT2D eigenvalue weighted by atomic mass is 9.87. The minimum atomic E-state index is -4.05. The first-order valence-electron chi connectivity index (χ1n) is 7.45. The van der Waals surface area contributed by atoms with Crippen LogP contribution in [0.1, 0.15) is 13.8 Å². The zero-order valence-corrected chi connectivity index (χ0v) is 13.8. The van der Waals surface area contributed by atoms with Crippen LogP contribution in [0.15, 0.2) is 5.11 Å². The Hall–Kier alpha value is -2.34. The van der Waals surface area contributed by atoms with Crippen molar-refractivity contribution in [3.05, 3.63) is 0 Å². The number of ketones is 1. The quantitative estimate of drug-likeness (QED) is 0.261. The van der Waals surface area contributed by atoms with Gasteiger partial charge in [0.1, 0.15) is 22.9 Å². The fraction of sp³-hybridized carbons (Fsp3) is 0.769. The van der Waals surface area contributed by atoms with E-state index in [2.05, 4.69) is 20.1 Å². The van der Waals surface area contributed by atoms with Crippen LogP contribution in [0, 0.1) is 11.4 Å². The van der Waals surface area contributed by atoms with Crippen molar-refractivity contribution in [3.8, 4) is 0 Å². The van der Waals surface area contributed by atoms with Crippen LogP contribution < -0.4 is 10.2 Å². The largest absolute Gasteiger partial charge is 0.477 e. The number of hydrogen-bond acceptors (Lipinski definition) is 8. The van der Waals surface area contributed by atoms with Crippen molar-refractivity contribution in [2.45, 2.75) is 50.2 Å².